The quantitative estimate of drug-likeness (QED) is 0.278. The molecule has 2 atom stereocenters. The van der Waals surface area contributed by atoms with Gasteiger partial charge in [0.1, 0.15) is 0 Å². The van der Waals surface area contributed by atoms with Crippen molar-refractivity contribution in [3.8, 4) is 22.3 Å². The number of hydrogen-bond donors (Lipinski definition) is 0. The van der Waals surface area contributed by atoms with Crippen LogP contribution in [0.2, 0.25) is 8.35 Å². The smallest absolute Gasteiger partial charge is 1.00 e. The van der Waals surface area contributed by atoms with Crippen molar-refractivity contribution in [2.45, 2.75) is 43.4 Å². The Morgan fingerprint density at radius 3 is 1.26 bits per heavy atom. The first-order valence-electron chi connectivity index (χ1n) is 13.7. The Morgan fingerprint density at radius 1 is 0.513 bits per heavy atom. The number of aryl methyl sites for hydroxylation is 2. The number of benzene rings is 4. The first-order chi connectivity index (χ1) is 18.0. The molecule has 4 aromatic carbocycles. The van der Waals surface area contributed by atoms with Crippen LogP contribution in [-0.4, -0.2) is 0 Å². The zero-order chi connectivity index (χ0) is 25.3. The topological polar surface area (TPSA) is 0 Å². The molecule has 0 N–H and O–H groups in total. The summed E-state index contributed by atoms with van der Waals surface area (Å²) < 4.78 is 4.44. The van der Waals surface area contributed by atoms with Crippen molar-refractivity contribution in [1.82, 2.24) is 0 Å². The third kappa shape index (κ3) is 4.55. The summed E-state index contributed by atoms with van der Waals surface area (Å²) in [5.74, 6) is 0. The summed E-state index contributed by atoms with van der Waals surface area (Å²) in [4.78, 5) is 0. The van der Waals surface area contributed by atoms with Crippen molar-refractivity contribution in [3.05, 3.63) is 129 Å². The molecule has 7 rings (SSSR count). The molecule has 1 aliphatic heterocycles. The molecule has 1 heterocycles. The van der Waals surface area contributed by atoms with Gasteiger partial charge in [-0.05, 0) is 0 Å². The molecule has 0 nitrogen and oxygen atoms in total. The minimum Gasteiger partial charge on any atom is -1.00 e. The molecule has 3 aliphatic rings. The molecule has 1 saturated heterocycles. The van der Waals surface area contributed by atoms with Crippen LogP contribution < -0.4 is 24.8 Å². The third-order valence-corrected chi connectivity index (χ3v) is 29.0. The van der Waals surface area contributed by atoms with Gasteiger partial charge >= 0.3 is 227 Å². The zero-order valence-corrected chi connectivity index (χ0v) is 28.2. The summed E-state index contributed by atoms with van der Waals surface area (Å²) in [6.45, 7) is 9.21. The molecule has 0 spiro atoms. The average molecular weight is 716 g/mol. The Kier molecular flexibility index (Phi) is 7.74. The predicted molar refractivity (Wildman–Crippen MR) is 156 cm³/mol. The van der Waals surface area contributed by atoms with Crippen LogP contribution >= 0.6 is 0 Å². The van der Waals surface area contributed by atoms with Gasteiger partial charge in [-0.25, -0.2) is 0 Å². The van der Waals surface area contributed by atoms with Crippen molar-refractivity contribution in [2.24, 2.45) is 0 Å². The van der Waals surface area contributed by atoms with E-state index in [1.165, 1.54) is 52.9 Å². The molecular weight excluding hydrogens is 682 g/mol. The summed E-state index contributed by atoms with van der Waals surface area (Å²) in [5.41, 5.74) is 17.7. The van der Waals surface area contributed by atoms with E-state index in [0.717, 1.165) is 0 Å². The van der Waals surface area contributed by atoms with Crippen LogP contribution in [0.5, 0.6) is 0 Å². The summed E-state index contributed by atoms with van der Waals surface area (Å²) in [7, 11) is 0. The second-order valence-corrected chi connectivity index (χ2v) is 28.3. The minimum atomic E-state index is -2.75. The second-order valence-electron chi connectivity index (χ2n) is 11.7. The van der Waals surface area contributed by atoms with Gasteiger partial charge in [-0.3, -0.25) is 0 Å². The van der Waals surface area contributed by atoms with Crippen LogP contribution in [0.15, 0.2) is 96.1 Å². The minimum absolute atomic E-state index is 0. The molecular formula is C36H34Cl2Hf. The Hall–Kier alpha value is -2.19. The monoisotopic (exact) mass is 716 g/mol. The molecule has 2 unspecified atom stereocenters. The van der Waals surface area contributed by atoms with Crippen LogP contribution in [0.25, 0.3) is 34.4 Å². The fourth-order valence-electron chi connectivity index (χ4n) is 7.49. The van der Waals surface area contributed by atoms with Gasteiger partial charge in [-0.2, -0.15) is 0 Å². The molecule has 1 fully saturated rings. The van der Waals surface area contributed by atoms with E-state index < -0.39 is 20.0 Å². The summed E-state index contributed by atoms with van der Waals surface area (Å²) >= 11 is -2.75. The van der Waals surface area contributed by atoms with Crippen LogP contribution in [0.1, 0.15) is 54.6 Å². The van der Waals surface area contributed by atoms with Crippen molar-refractivity contribution in [2.75, 3.05) is 0 Å². The van der Waals surface area contributed by atoms with Crippen LogP contribution in [-0.2, 0) is 20.0 Å². The van der Waals surface area contributed by atoms with E-state index in [2.05, 4.69) is 125 Å². The standard InChI is InChI=1S/2C17H15.C2H4.2ClH.Hf/c2*1-12-6-8-14(9-7-12)16-5-3-4-15-10-13(2)11-17(15)16;1-2;;;/h2*3-11H,1-2H3;1-2H2;2*1H;/q;;;;;+2/p-2. The number of allylic oxidation sites excluding steroid dienone is 2. The van der Waals surface area contributed by atoms with E-state index in [1.54, 1.807) is 22.3 Å². The van der Waals surface area contributed by atoms with Gasteiger partial charge < -0.3 is 24.8 Å². The molecule has 2 aliphatic carbocycles. The van der Waals surface area contributed by atoms with E-state index in [0.29, 0.717) is 7.35 Å². The number of rotatable bonds is 4. The maximum Gasteiger partial charge on any atom is -1.00 e. The maximum atomic E-state index is 2.55. The Bertz CT molecular complexity index is 1490. The van der Waals surface area contributed by atoms with Gasteiger partial charge in [-0.15, -0.1) is 0 Å². The fourth-order valence-corrected chi connectivity index (χ4v) is 35.7. The van der Waals surface area contributed by atoms with Crippen molar-refractivity contribution < 1.29 is 44.8 Å². The number of hydrogen-bond acceptors (Lipinski definition) is 0. The van der Waals surface area contributed by atoms with Gasteiger partial charge in [0.2, 0.25) is 0 Å². The van der Waals surface area contributed by atoms with E-state index in [4.69, 9.17) is 0 Å². The number of halogens is 2. The Labute approximate surface area is 250 Å². The molecule has 4 aromatic rings. The zero-order valence-electron chi connectivity index (χ0n) is 23.1. The molecule has 0 saturated carbocycles. The normalized spacial score (nSPS) is 18.9. The van der Waals surface area contributed by atoms with E-state index >= 15 is 0 Å². The van der Waals surface area contributed by atoms with Gasteiger partial charge in [0, 0.05) is 0 Å². The summed E-state index contributed by atoms with van der Waals surface area (Å²) in [5, 5.41) is 0. The van der Waals surface area contributed by atoms with Gasteiger partial charge in [0.15, 0.2) is 0 Å². The predicted octanol–water partition coefficient (Wildman–Crippen LogP) is 4.27. The molecule has 3 heteroatoms. The SMILES string of the molecule is CC1=Cc2c(-c3ccc(C)cc3)cccc2[CH]1[Hf+2]1([CH]2C(C)=Cc3c(-c4ccc(C)cc4)cccc32)[CH2][CH2]1.[Cl-].[Cl-]. The first kappa shape index (κ1) is 28.3. The average Bonchev–Trinajstić information content (AvgIpc) is 3.47. The fraction of sp³-hybridized carbons (Fsp3) is 0.222. The van der Waals surface area contributed by atoms with Crippen LogP contribution in [0, 0.1) is 13.8 Å². The molecule has 39 heavy (non-hydrogen) atoms. The molecule has 0 amide bonds. The summed E-state index contributed by atoms with van der Waals surface area (Å²) in [6, 6.07) is 32.4. The van der Waals surface area contributed by atoms with Gasteiger partial charge in [-0.1, -0.05) is 0 Å². The molecule has 0 aromatic heterocycles. The van der Waals surface area contributed by atoms with Gasteiger partial charge in [0.25, 0.3) is 0 Å². The molecule has 0 bridgehead atoms. The van der Waals surface area contributed by atoms with Crippen LogP contribution in [0.3, 0.4) is 0 Å². The Morgan fingerprint density at radius 2 is 0.897 bits per heavy atom. The molecule has 196 valence electrons. The second kappa shape index (κ2) is 10.7. The summed E-state index contributed by atoms with van der Waals surface area (Å²) in [6.07, 6.45) is 5.10. The number of fused-ring (bicyclic) bond motifs is 2. The van der Waals surface area contributed by atoms with Crippen molar-refractivity contribution in [3.63, 3.8) is 0 Å². The van der Waals surface area contributed by atoms with Gasteiger partial charge in [0.05, 0.1) is 0 Å². The maximum absolute atomic E-state index is 2.75. The first-order valence-corrected chi connectivity index (χ1v) is 23.0. The van der Waals surface area contributed by atoms with Crippen molar-refractivity contribution >= 4 is 12.2 Å². The van der Waals surface area contributed by atoms with E-state index in [-0.39, 0.29) is 24.8 Å². The largest absolute Gasteiger partial charge is 1.00 e. The van der Waals surface area contributed by atoms with Crippen LogP contribution in [0.4, 0.5) is 0 Å². The third-order valence-electron chi connectivity index (χ3n) is 9.26. The van der Waals surface area contributed by atoms with Crippen molar-refractivity contribution in [1.29, 1.82) is 0 Å². The van der Waals surface area contributed by atoms with E-state index in [9.17, 15) is 0 Å². The molecule has 0 radical (unpaired) electrons. The van der Waals surface area contributed by atoms with E-state index in [1.807, 2.05) is 0 Å². The Balaban J connectivity index is 0.00000154.